The van der Waals surface area contributed by atoms with Crippen LogP contribution in [0.3, 0.4) is 0 Å². The van der Waals surface area contributed by atoms with Crippen LogP contribution in [0.4, 0.5) is 5.69 Å². The molecule has 0 atom stereocenters. The quantitative estimate of drug-likeness (QED) is 0.672. The molecule has 1 aliphatic rings. The van der Waals surface area contributed by atoms with Crippen LogP contribution in [0, 0.1) is 6.92 Å². The first-order valence-corrected chi connectivity index (χ1v) is 10.3. The highest BCUT2D eigenvalue weighted by molar-refractivity contribution is 7.18. The lowest BCUT2D eigenvalue weighted by Gasteiger charge is -2.13. The summed E-state index contributed by atoms with van der Waals surface area (Å²) in [7, 11) is 0. The Bertz CT molecular complexity index is 1120. The van der Waals surface area contributed by atoms with E-state index < -0.39 is 0 Å². The van der Waals surface area contributed by atoms with Crippen LogP contribution >= 0.6 is 34.5 Å². The molecule has 27 heavy (non-hydrogen) atoms. The number of carbonyl (C=O) groups is 1. The van der Waals surface area contributed by atoms with Crippen LogP contribution in [-0.2, 0) is 24.2 Å². The number of nitrogens with one attached hydrogen (secondary N) is 1. The summed E-state index contributed by atoms with van der Waals surface area (Å²) in [5, 5.41) is 4.03. The maximum Gasteiger partial charge on any atom is 0.263 e. The van der Waals surface area contributed by atoms with Crippen molar-refractivity contribution in [1.82, 2.24) is 9.55 Å². The number of carbonyl (C=O) groups excluding carboxylic acids is 1. The molecule has 2 heterocycles. The smallest absolute Gasteiger partial charge is 0.263 e. The zero-order valence-corrected chi connectivity index (χ0v) is 17.0. The van der Waals surface area contributed by atoms with Gasteiger partial charge in [-0.25, -0.2) is 4.98 Å². The maximum atomic E-state index is 13.1. The summed E-state index contributed by atoms with van der Waals surface area (Å²) in [6.07, 6.45) is 4.14. The van der Waals surface area contributed by atoms with Crippen LogP contribution in [0.2, 0.25) is 10.0 Å². The monoisotopic (exact) mass is 421 g/mol. The van der Waals surface area contributed by atoms with E-state index in [0.29, 0.717) is 21.9 Å². The molecule has 140 valence electrons. The molecule has 1 N–H and O–H groups in total. The number of nitrogens with zero attached hydrogens (tertiary/aromatic N) is 2. The van der Waals surface area contributed by atoms with Crippen LogP contribution in [0.25, 0.3) is 10.2 Å². The standard InChI is InChI=1S/C19H17Cl2N3O2S/c1-10-22-18-16(11-5-2-3-8-14(11)27-18)19(26)24(10)9-15(25)23-13-7-4-6-12(20)17(13)21/h4,6-7H,2-3,5,8-9H2,1H3,(H,23,25). The number of benzene rings is 1. The van der Waals surface area contributed by atoms with E-state index in [9.17, 15) is 9.59 Å². The third-order valence-electron chi connectivity index (χ3n) is 4.79. The van der Waals surface area contributed by atoms with E-state index in [4.69, 9.17) is 23.2 Å². The van der Waals surface area contributed by atoms with E-state index >= 15 is 0 Å². The van der Waals surface area contributed by atoms with E-state index in [1.54, 1.807) is 36.5 Å². The van der Waals surface area contributed by atoms with Crippen LogP contribution in [-0.4, -0.2) is 15.5 Å². The van der Waals surface area contributed by atoms with Crippen molar-refractivity contribution in [1.29, 1.82) is 0 Å². The van der Waals surface area contributed by atoms with Crippen molar-refractivity contribution in [2.45, 2.75) is 39.2 Å². The van der Waals surface area contributed by atoms with Gasteiger partial charge in [0.15, 0.2) is 0 Å². The van der Waals surface area contributed by atoms with Gasteiger partial charge in [-0.15, -0.1) is 11.3 Å². The second-order valence-electron chi connectivity index (χ2n) is 6.59. The third-order valence-corrected chi connectivity index (χ3v) is 6.80. The van der Waals surface area contributed by atoms with Gasteiger partial charge >= 0.3 is 0 Å². The molecule has 1 amide bonds. The lowest BCUT2D eigenvalue weighted by Crippen LogP contribution is -2.30. The summed E-state index contributed by atoms with van der Waals surface area (Å²) >= 11 is 13.7. The summed E-state index contributed by atoms with van der Waals surface area (Å²) in [4.78, 5) is 32.2. The highest BCUT2D eigenvalue weighted by atomic mass is 35.5. The van der Waals surface area contributed by atoms with Gasteiger partial charge in [-0.1, -0.05) is 29.3 Å². The van der Waals surface area contributed by atoms with Gasteiger partial charge in [0.25, 0.3) is 5.56 Å². The number of thiophene rings is 1. The molecule has 4 rings (SSSR count). The molecule has 5 nitrogen and oxygen atoms in total. The molecule has 1 aromatic carbocycles. The minimum Gasteiger partial charge on any atom is -0.323 e. The topological polar surface area (TPSA) is 64.0 Å². The summed E-state index contributed by atoms with van der Waals surface area (Å²) < 4.78 is 1.43. The fourth-order valence-electron chi connectivity index (χ4n) is 3.46. The summed E-state index contributed by atoms with van der Waals surface area (Å²) in [5.41, 5.74) is 1.39. The Morgan fingerprint density at radius 2 is 2.07 bits per heavy atom. The largest absolute Gasteiger partial charge is 0.323 e. The molecular weight excluding hydrogens is 405 g/mol. The number of halogens is 2. The Balaban J connectivity index is 1.68. The Labute approximate surface area is 169 Å². The van der Waals surface area contributed by atoms with Gasteiger partial charge < -0.3 is 5.32 Å². The van der Waals surface area contributed by atoms with Gasteiger partial charge in [0.05, 0.1) is 21.1 Å². The summed E-state index contributed by atoms with van der Waals surface area (Å²) in [5.74, 6) is 0.174. The summed E-state index contributed by atoms with van der Waals surface area (Å²) in [6, 6.07) is 5.01. The van der Waals surface area contributed by atoms with Gasteiger partial charge in [-0.3, -0.25) is 14.2 Å². The van der Waals surface area contributed by atoms with Crippen LogP contribution in [0.1, 0.15) is 29.1 Å². The SMILES string of the molecule is Cc1nc2sc3c(c2c(=O)n1CC(=O)Nc1cccc(Cl)c1Cl)CCCC3. The van der Waals surface area contributed by atoms with Gasteiger partial charge in [0.2, 0.25) is 5.91 Å². The number of hydrogen-bond acceptors (Lipinski definition) is 4. The number of rotatable bonds is 3. The number of hydrogen-bond donors (Lipinski definition) is 1. The van der Waals surface area contributed by atoms with Crippen molar-refractivity contribution in [2.75, 3.05) is 5.32 Å². The van der Waals surface area contributed by atoms with E-state index in [0.717, 1.165) is 36.1 Å². The van der Waals surface area contributed by atoms with Crippen molar-refractivity contribution in [3.8, 4) is 0 Å². The zero-order valence-electron chi connectivity index (χ0n) is 14.6. The van der Waals surface area contributed by atoms with Crippen LogP contribution in [0.15, 0.2) is 23.0 Å². The molecular formula is C19H17Cl2N3O2S. The Kier molecular flexibility index (Phi) is 4.97. The third kappa shape index (κ3) is 3.37. The first-order chi connectivity index (χ1) is 13.0. The minimum absolute atomic E-state index is 0.124. The molecule has 0 fully saturated rings. The fraction of sp³-hybridized carbons (Fsp3) is 0.316. The molecule has 0 radical (unpaired) electrons. The Hall–Kier alpha value is -1.89. The highest BCUT2D eigenvalue weighted by Gasteiger charge is 2.22. The van der Waals surface area contributed by atoms with Crippen molar-refractivity contribution in [3.63, 3.8) is 0 Å². The van der Waals surface area contributed by atoms with Crippen molar-refractivity contribution >= 4 is 56.3 Å². The minimum atomic E-state index is -0.352. The lowest BCUT2D eigenvalue weighted by molar-refractivity contribution is -0.116. The molecule has 1 aliphatic carbocycles. The average Bonchev–Trinajstić information content (AvgIpc) is 3.00. The molecule has 0 saturated carbocycles. The van der Waals surface area contributed by atoms with E-state index in [1.807, 2.05) is 0 Å². The number of amides is 1. The number of aryl methyl sites for hydroxylation is 3. The fourth-order valence-corrected chi connectivity index (χ4v) is 5.11. The highest BCUT2D eigenvalue weighted by Crippen LogP contribution is 2.34. The molecule has 0 bridgehead atoms. The van der Waals surface area contributed by atoms with Gasteiger partial charge in [-0.05, 0) is 50.3 Å². The van der Waals surface area contributed by atoms with Crippen LogP contribution in [0.5, 0.6) is 0 Å². The maximum absolute atomic E-state index is 13.1. The summed E-state index contributed by atoms with van der Waals surface area (Å²) in [6.45, 7) is 1.63. The van der Waals surface area contributed by atoms with Gasteiger partial charge in [0.1, 0.15) is 17.2 Å². The van der Waals surface area contributed by atoms with Gasteiger partial charge in [0, 0.05) is 4.88 Å². The second kappa shape index (κ2) is 7.26. The van der Waals surface area contributed by atoms with E-state index in [2.05, 4.69) is 10.3 Å². The molecule has 3 aromatic rings. The first kappa shape index (κ1) is 18.5. The van der Waals surface area contributed by atoms with E-state index in [-0.39, 0.29) is 23.0 Å². The normalized spacial score (nSPS) is 13.6. The first-order valence-electron chi connectivity index (χ1n) is 8.71. The predicted molar refractivity (Wildman–Crippen MR) is 110 cm³/mol. The number of aromatic nitrogens is 2. The molecule has 0 spiro atoms. The van der Waals surface area contributed by atoms with Gasteiger partial charge in [-0.2, -0.15) is 0 Å². The molecule has 0 aliphatic heterocycles. The molecule has 2 aromatic heterocycles. The number of fused-ring (bicyclic) bond motifs is 3. The Morgan fingerprint density at radius 3 is 2.89 bits per heavy atom. The predicted octanol–water partition coefficient (Wildman–Crippen LogP) is 4.59. The lowest BCUT2D eigenvalue weighted by atomic mass is 9.97. The molecule has 8 heteroatoms. The number of anilines is 1. The van der Waals surface area contributed by atoms with Crippen molar-refractivity contribution < 1.29 is 4.79 Å². The van der Waals surface area contributed by atoms with Crippen molar-refractivity contribution in [2.24, 2.45) is 0 Å². The van der Waals surface area contributed by atoms with Crippen molar-refractivity contribution in [3.05, 3.63) is 54.9 Å². The Morgan fingerprint density at radius 1 is 1.30 bits per heavy atom. The van der Waals surface area contributed by atoms with Crippen LogP contribution < -0.4 is 10.9 Å². The molecule has 0 saturated heterocycles. The average molecular weight is 422 g/mol. The van der Waals surface area contributed by atoms with E-state index in [1.165, 1.54) is 9.44 Å². The second-order valence-corrected chi connectivity index (χ2v) is 8.46. The molecule has 0 unspecified atom stereocenters. The zero-order chi connectivity index (χ0) is 19.1.